The summed E-state index contributed by atoms with van der Waals surface area (Å²) in [6, 6.07) is 9.05. The quantitative estimate of drug-likeness (QED) is 0.869. The molecule has 0 aliphatic heterocycles. The molecule has 4 rings (SSSR count). The van der Waals surface area contributed by atoms with Crippen molar-refractivity contribution < 1.29 is 0 Å². The number of hydrogen-bond acceptors (Lipinski definition) is 1. The van der Waals surface area contributed by atoms with Crippen molar-refractivity contribution in [3.8, 4) is 0 Å². The first-order chi connectivity index (χ1) is 9.28. The second-order valence-electron chi connectivity index (χ2n) is 6.95. The summed E-state index contributed by atoms with van der Waals surface area (Å²) in [5.41, 5.74) is 1.36. The Morgan fingerprint density at radius 2 is 1.68 bits per heavy atom. The molecule has 5 atom stereocenters. The van der Waals surface area contributed by atoms with Crippen molar-refractivity contribution in [3.63, 3.8) is 0 Å². The fraction of sp³-hybridized carbons (Fsp3) is 0.647. The molecule has 3 bridgehead atoms. The minimum Gasteiger partial charge on any atom is -0.310 e. The minimum atomic E-state index is 0.770. The van der Waals surface area contributed by atoms with Gasteiger partial charge in [0.2, 0.25) is 0 Å². The fourth-order valence-corrected chi connectivity index (χ4v) is 5.17. The molecule has 0 aromatic heterocycles. The normalized spacial score (nSPS) is 39.7. The van der Waals surface area contributed by atoms with Crippen molar-refractivity contribution in [2.75, 3.05) is 0 Å². The van der Waals surface area contributed by atoms with Gasteiger partial charge in [0.25, 0.3) is 0 Å². The number of halogens is 1. The molecule has 102 valence electrons. The molecule has 3 aliphatic carbocycles. The maximum Gasteiger partial charge on any atom is 0.0406 e. The molecule has 2 heteroatoms. The van der Waals surface area contributed by atoms with Crippen LogP contribution >= 0.6 is 11.6 Å². The predicted molar refractivity (Wildman–Crippen MR) is 79.1 cm³/mol. The third-order valence-electron chi connectivity index (χ3n) is 5.74. The Morgan fingerprint density at radius 1 is 0.947 bits per heavy atom. The number of nitrogens with one attached hydrogen (secondary N) is 1. The van der Waals surface area contributed by atoms with Crippen molar-refractivity contribution >= 4 is 11.6 Å². The summed E-state index contributed by atoms with van der Waals surface area (Å²) in [6.45, 7) is 1.00. The summed E-state index contributed by atoms with van der Waals surface area (Å²) >= 11 is 5.94. The van der Waals surface area contributed by atoms with Crippen molar-refractivity contribution in [2.45, 2.75) is 44.7 Å². The van der Waals surface area contributed by atoms with E-state index in [9.17, 15) is 0 Å². The average molecular weight is 276 g/mol. The maximum absolute atomic E-state index is 5.94. The van der Waals surface area contributed by atoms with Gasteiger partial charge in [-0.3, -0.25) is 0 Å². The molecule has 1 aromatic rings. The van der Waals surface area contributed by atoms with Gasteiger partial charge < -0.3 is 5.32 Å². The minimum absolute atomic E-state index is 0.770. The summed E-state index contributed by atoms with van der Waals surface area (Å²) in [4.78, 5) is 0. The first-order valence-electron chi connectivity index (χ1n) is 7.76. The van der Waals surface area contributed by atoms with Crippen molar-refractivity contribution in [3.05, 3.63) is 34.9 Å². The monoisotopic (exact) mass is 275 g/mol. The summed E-state index contributed by atoms with van der Waals surface area (Å²) in [6.07, 6.45) is 7.50. The highest BCUT2D eigenvalue weighted by Gasteiger charge is 2.48. The van der Waals surface area contributed by atoms with Gasteiger partial charge in [-0.05, 0) is 73.5 Å². The Balaban J connectivity index is 1.42. The molecule has 0 amide bonds. The van der Waals surface area contributed by atoms with Gasteiger partial charge in [-0.25, -0.2) is 0 Å². The van der Waals surface area contributed by atoms with Gasteiger partial charge in [-0.2, -0.15) is 0 Å². The zero-order valence-corrected chi connectivity index (χ0v) is 12.1. The highest BCUT2D eigenvalue weighted by molar-refractivity contribution is 6.30. The average Bonchev–Trinajstić information content (AvgIpc) is 2.63. The van der Waals surface area contributed by atoms with Crippen LogP contribution in [-0.2, 0) is 6.54 Å². The lowest BCUT2D eigenvalue weighted by atomic mass is 9.70. The second-order valence-corrected chi connectivity index (χ2v) is 7.38. The van der Waals surface area contributed by atoms with Crippen LogP contribution in [-0.4, -0.2) is 6.04 Å². The van der Waals surface area contributed by atoms with Crippen molar-refractivity contribution in [2.24, 2.45) is 23.7 Å². The lowest BCUT2D eigenvalue weighted by Gasteiger charge is -2.40. The Bertz CT molecular complexity index is 453. The van der Waals surface area contributed by atoms with Gasteiger partial charge in [-0.15, -0.1) is 0 Å². The van der Waals surface area contributed by atoms with Crippen LogP contribution < -0.4 is 5.32 Å². The SMILES string of the molecule is Clc1ccc(CN[C@@H]2C[C@H]3C[C@@H]4C[C@H](C3)[C@H]2C4)cc1. The van der Waals surface area contributed by atoms with E-state index < -0.39 is 0 Å². The van der Waals surface area contributed by atoms with Gasteiger partial charge in [0.05, 0.1) is 0 Å². The van der Waals surface area contributed by atoms with Crippen LogP contribution in [0.15, 0.2) is 24.3 Å². The van der Waals surface area contributed by atoms with E-state index in [2.05, 4.69) is 17.4 Å². The molecule has 0 unspecified atom stereocenters. The Labute approximate surface area is 120 Å². The van der Waals surface area contributed by atoms with Crippen LogP contribution in [0, 0.1) is 23.7 Å². The third-order valence-corrected chi connectivity index (χ3v) is 5.99. The van der Waals surface area contributed by atoms with E-state index in [1.165, 1.54) is 37.7 Å². The van der Waals surface area contributed by atoms with Gasteiger partial charge >= 0.3 is 0 Å². The summed E-state index contributed by atoms with van der Waals surface area (Å²) in [7, 11) is 0. The molecule has 0 heterocycles. The molecular weight excluding hydrogens is 254 g/mol. The van der Waals surface area contributed by atoms with Gasteiger partial charge in [0.1, 0.15) is 0 Å². The highest BCUT2D eigenvalue weighted by Crippen LogP contribution is 2.55. The first kappa shape index (κ1) is 12.2. The predicted octanol–water partition coefficient (Wildman–Crippen LogP) is 4.25. The zero-order valence-electron chi connectivity index (χ0n) is 11.3. The standard InChI is InChI=1S/C17H22ClN/c18-15-3-1-11(2-4-15)10-19-17-9-13-5-12-6-14(7-13)16(17)8-12/h1-4,12-14,16-17,19H,5-10H2/t12-,13+,14-,16-,17-/m1/s1. The molecule has 19 heavy (non-hydrogen) atoms. The Morgan fingerprint density at radius 3 is 2.47 bits per heavy atom. The number of rotatable bonds is 3. The Kier molecular flexibility index (Phi) is 3.08. The number of fused-ring (bicyclic) bond motifs is 2. The smallest absolute Gasteiger partial charge is 0.0406 e. The summed E-state index contributed by atoms with van der Waals surface area (Å²) in [5, 5.41) is 4.67. The van der Waals surface area contributed by atoms with E-state index in [1.54, 1.807) is 0 Å². The molecule has 0 radical (unpaired) electrons. The van der Waals surface area contributed by atoms with Crippen LogP contribution in [0.25, 0.3) is 0 Å². The molecule has 0 saturated heterocycles. The summed E-state index contributed by atoms with van der Waals surface area (Å²) < 4.78 is 0. The molecule has 0 spiro atoms. The van der Waals surface area contributed by atoms with E-state index in [-0.39, 0.29) is 0 Å². The topological polar surface area (TPSA) is 12.0 Å². The largest absolute Gasteiger partial charge is 0.310 e. The van der Waals surface area contributed by atoms with E-state index in [0.29, 0.717) is 0 Å². The van der Waals surface area contributed by atoms with Crippen LogP contribution in [0.3, 0.4) is 0 Å². The van der Waals surface area contributed by atoms with Gasteiger partial charge in [0, 0.05) is 17.6 Å². The van der Waals surface area contributed by atoms with E-state index in [0.717, 1.165) is 41.3 Å². The van der Waals surface area contributed by atoms with Crippen LogP contribution in [0.2, 0.25) is 5.02 Å². The lowest BCUT2D eigenvalue weighted by molar-refractivity contribution is 0.136. The molecule has 1 N–H and O–H groups in total. The van der Waals surface area contributed by atoms with E-state index in [1.807, 2.05) is 12.1 Å². The molecule has 3 aliphatic rings. The van der Waals surface area contributed by atoms with E-state index >= 15 is 0 Å². The Hall–Kier alpha value is -0.530. The van der Waals surface area contributed by atoms with E-state index in [4.69, 9.17) is 11.6 Å². The van der Waals surface area contributed by atoms with Crippen LogP contribution in [0.5, 0.6) is 0 Å². The van der Waals surface area contributed by atoms with Crippen molar-refractivity contribution in [1.29, 1.82) is 0 Å². The van der Waals surface area contributed by atoms with Crippen molar-refractivity contribution in [1.82, 2.24) is 5.32 Å². The third kappa shape index (κ3) is 2.32. The van der Waals surface area contributed by atoms with Gasteiger partial charge in [0.15, 0.2) is 0 Å². The number of hydrogen-bond donors (Lipinski definition) is 1. The molecule has 3 fully saturated rings. The van der Waals surface area contributed by atoms with Crippen LogP contribution in [0.4, 0.5) is 0 Å². The lowest BCUT2D eigenvalue weighted by Crippen LogP contribution is -2.42. The number of benzene rings is 1. The zero-order chi connectivity index (χ0) is 12.8. The molecule has 1 aromatic carbocycles. The summed E-state index contributed by atoms with van der Waals surface area (Å²) in [5.74, 6) is 4.09. The fourth-order valence-electron chi connectivity index (χ4n) is 5.04. The molecule has 1 nitrogen and oxygen atoms in total. The maximum atomic E-state index is 5.94. The molecule has 3 saturated carbocycles. The second kappa shape index (κ2) is 4.79. The van der Waals surface area contributed by atoms with Crippen LogP contribution in [0.1, 0.15) is 37.7 Å². The highest BCUT2D eigenvalue weighted by atomic mass is 35.5. The van der Waals surface area contributed by atoms with Gasteiger partial charge in [-0.1, -0.05) is 23.7 Å². The molecular formula is C17H22ClN. The first-order valence-corrected chi connectivity index (χ1v) is 8.13.